The molecule has 1 saturated heterocycles. The summed E-state index contributed by atoms with van der Waals surface area (Å²) in [7, 11) is 1.63. The SMILES string of the molecule is COCCN(Cc1cccnc1)C(=O)CCCN1CCCC1=O. The molecule has 0 bridgehead atoms. The van der Waals surface area contributed by atoms with Crippen molar-refractivity contribution in [2.24, 2.45) is 0 Å². The first-order valence-corrected chi connectivity index (χ1v) is 8.14. The minimum atomic E-state index is 0.0950. The lowest BCUT2D eigenvalue weighted by Gasteiger charge is -2.23. The van der Waals surface area contributed by atoms with E-state index in [-0.39, 0.29) is 11.8 Å². The van der Waals surface area contributed by atoms with Crippen LogP contribution in [0.15, 0.2) is 24.5 Å². The number of nitrogens with zero attached hydrogens (tertiary/aromatic N) is 3. The number of amides is 2. The van der Waals surface area contributed by atoms with Crippen LogP contribution in [0.1, 0.15) is 31.2 Å². The summed E-state index contributed by atoms with van der Waals surface area (Å²) in [6, 6.07) is 3.83. The molecule has 2 rings (SSSR count). The fourth-order valence-electron chi connectivity index (χ4n) is 2.73. The Kier molecular flexibility index (Phi) is 7.00. The number of rotatable bonds is 9. The van der Waals surface area contributed by atoms with E-state index in [4.69, 9.17) is 4.74 Å². The number of hydrogen-bond acceptors (Lipinski definition) is 4. The van der Waals surface area contributed by atoms with Gasteiger partial charge in [-0.05, 0) is 24.5 Å². The van der Waals surface area contributed by atoms with Gasteiger partial charge >= 0.3 is 0 Å². The molecule has 0 radical (unpaired) electrons. The number of hydrogen-bond donors (Lipinski definition) is 0. The molecule has 126 valence electrons. The largest absolute Gasteiger partial charge is 0.383 e. The predicted octanol–water partition coefficient (Wildman–Crippen LogP) is 1.46. The molecule has 0 atom stereocenters. The van der Waals surface area contributed by atoms with E-state index in [1.807, 2.05) is 17.0 Å². The van der Waals surface area contributed by atoms with E-state index < -0.39 is 0 Å². The smallest absolute Gasteiger partial charge is 0.223 e. The Hall–Kier alpha value is -1.95. The van der Waals surface area contributed by atoms with Crippen molar-refractivity contribution >= 4 is 11.8 Å². The normalized spacial score (nSPS) is 14.3. The molecule has 0 aromatic carbocycles. The highest BCUT2D eigenvalue weighted by atomic mass is 16.5. The van der Waals surface area contributed by atoms with E-state index in [9.17, 15) is 9.59 Å². The standard InChI is InChI=1S/C17H25N3O3/c1-23-12-11-20(14-15-5-2-8-18-13-15)17(22)7-4-10-19-9-3-6-16(19)21/h2,5,8,13H,3-4,6-7,9-12,14H2,1H3. The number of aromatic nitrogens is 1. The van der Waals surface area contributed by atoms with Crippen LogP contribution in [0.5, 0.6) is 0 Å². The Balaban J connectivity index is 1.82. The lowest BCUT2D eigenvalue weighted by atomic mass is 10.2. The first-order chi connectivity index (χ1) is 11.2. The van der Waals surface area contributed by atoms with E-state index in [0.29, 0.717) is 45.5 Å². The average molecular weight is 319 g/mol. The van der Waals surface area contributed by atoms with Gasteiger partial charge in [-0.2, -0.15) is 0 Å². The fourth-order valence-corrected chi connectivity index (χ4v) is 2.73. The van der Waals surface area contributed by atoms with E-state index in [1.54, 1.807) is 24.4 Å². The molecule has 1 aromatic heterocycles. The van der Waals surface area contributed by atoms with Crippen molar-refractivity contribution in [3.63, 3.8) is 0 Å². The highest BCUT2D eigenvalue weighted by Crippen LogP contribution is 2.12. The van der Waals surface area contributed by atoms with Gasteiger partial charge in [0.05, 0.1) is 6.61 Å². The molecule has 23 heavy (non-hydrogen) atoms. The lowest BCUT2D eigenvalue weighted by Crippen LogP contribution is -2.34. The van der Waals surface area contributed by atoms with Crippen LogP contribution in [0, 0.1) is 0 Å². The molecule has 6 heteroatoms. The minimum absolute atomic E-state index is 0.0950. The number of methoxy groups -OCH3 is 1. The maximum absolute atomic E-state index is 12.5. The molecule has 2 amide bonds. The Bertz CT molecular complexity index is 507. The van der Waals surface area contributed by atoms with Gasteiger partial charge in [-0.25, -0.2) is 0 Å². The number of ether oxygens (including phenoxy) is 1. The van der Waals surface area contributed by atoms with E-state index in [2.05, 4.69) is 4.98 Å². The molecule has 0 aliphatic carbocycles. The van der Waals surface area contributed by atoms with Gasteiger partial charge in [0.15, 0.2) is 0 Å². The van der Waals surface area contributed by atoms with Crippen molar-refractivity contribution in [3.8, 4) is 0 Å². The van der Waals surface area contributed by atoms with Gasteiger partial charge in [0.1, 0.15) is 0 Å². The van der Waals surface area contributed by atoms with Gasteiger partial charge in [-0.15, -0.1) is 0 Å². The number of pyridine rings is 1. The zero-order chi connectivity index (χ0) is 16.5. The number of carbonyl (C=O) groups excluding carboxylic acids is 2. The van der Waals surface area contributed by atoms with Crippen LogP contribution in [0.3, 0.4) is 0 Å². The topological polar surface area (TPSA) is 62.7 Å². The summed E-state index contributed by atoms with van der Waals surface area (Å²) in [5.41, 5.74) is 1.01. The Morgan fingerprint density at radius 2 is 2.35 bits per heavy atom. The Morgan fingerprint density at radius 1 is 1.48 bits per heavy atom. The van der Waals surface area contributed by atoms with E-state index in [0.717, 1.165) is 18.5 Å². The highest BCUT2D eigenvalue weighted by molar-refractivity contribution is 5.78. The monoisotopic (exact) mass is 319 g/mol. The summed E-state index contributed by atoms with van der Waals surface area (Å²) in [5, 5.41) is 0. The second-order valence-corrected chi connectivity index (χ2v) is 5.76. The van der Waals surface area contributed by atoms with Gasteiger partial charge < -0.3 is 14.5 Å². The Labute approximate surface area is 137 Å². The molecule has 0 N–H and O–H groups in total. The second-order valence-electron chi connectivity index (χ2n) is 5.76. The molecule has 6 nitrogen and oxygen atoms in total. The first kappa shape index (κ1) is 17.4. The van der Waals surface area contributed by atoms with Crippen LogP contribution in [0.4, 0.5) is 0 Å². The molecule has 0 saturated carbocycles. The van der Waals surface area contributed by atoms with Crippen molar-refractivity contribution in [2.75, 3.05) is 33.4 Å². The summed E-state index contributed by atoms with van der Waals surface area (Å²) < 4.78 is 5.10. The molecule has 0 spiro atoms. The fraction of sp³-hybridized carbons (Fsp3) is 0.588. The Morgan fingerprint density at radius 3 is 3.00 bits per heavy atom. The van der Waals surface area contributed by atoms with Crippen LogP contribution < -0.4 is 0 Å². The molecule has 1 aliphatic rings. The third-order valence-electron chi connectivity index (χ3n) is 4.00. The van der Waals surface area contributed by atoms with Crippen LogP contribution in [-0.2, 0) is 20.9 Å². The minimum Gasteiger partial charge on any atom is -0.383 e. The molecular weight excluding hydrogens is 294 g/mol. The van der Waals surface area contributed by atoms with Crippen LogP contribution >= 0.6 is 0 Å². The summed E-state index contributed by atoms with van der Waals surface area (Å²) in [6.45, 7) is 3.12. The molecule has 1 aliphatic heterocycles. The quantitative estimate of drug-likeness (QED) is 0.691. The van der Waals surface area contributed by atoms with Gasteiger partial charge in [0, 0.05) is 58.5 Å². The molecule has 1 fully saturated rings. The first-order valence-electron chi connectivity index (χ1n) is 8.14. The summed E-state index contributed by atoms with van der Waals surface area (Å²) in [6.07, 6.45) is 6.24. The van der Waals surface area contributed by atoms with E-state index >= 15 is 0 Å². The maximum atomic E-state index is 12.5. The van der Waals surface area contributed by atoms with Gasteiger partial charge in [0.25, 0.3) is 0 Å². The van der Waals surface area contributed by atoms with Crippen molar-refractivity contribution in [1.82, 2.24) is 14.8 Å². The molecular formula is C17H25N3O3. The summed E-state index contributed by atoms with van der Waals surface area (Å²) in [4.78, 5) is 31.8. The van der Waals surface area contributed by atoms with Crippen LogP contribution in [0.2, 0.25) is 0 Å². The molecule has 0 unspecified atom stereocenters. The van der Waals surface area contributed by atoms with Crippen molar-refractivity contribution in [2.45, 2.75) is 32.2 Å². The van der Waals surface area contributed by atoms with E-state index in [1.165, 1.54) is 0 Å². The third-order valence-corrected chi connectivity index (χ3v) is 4.00. The highest BCUT2D eigenvalue weighted by Gasteiger charge is 2.20. The third kappa shape index (κ3) is 5.63. The second kappa shape index (κ2) is 9.25. The van der Waals surface area contributed by atoms with Gasteiger partial charge in [0.2, 0.25) is 11.8 Å². The molecule has 2 heterocycles. The zero-order valence-electron chi connectivity index (χ0n) is 13.7. The van der Waals surface area contributed by atoms with Gasteiger partial charge in [-0.3, -0.25) is 14.6 Å². The zero-order valence-corrected chi connectivity index (χ0v) is 13.7. The lowest BCUT2D eigenvalue weighted by molar-refractivity contribution is -0.133. The van der Waals surface area contributed by atoms with Crippen molar-refractivity contribution in [1.29, 1.82) is 0 Å². The average Bonchev–Trinajstić information content (AvgIpc) is 2.97. The summed E-state index contributed by atoms with van der Waals surface area (Å²) in [5.74, 6) is 0.307. The predicted molar refractivity (Wildman–Crippen MR) is 86.6 cm³/mol. The molecule has 1 aromatic rings. The van der Waals surface area contributed by atoms with Crippen molar-refractivity contribution in [3.05, 3.63) is 30.1 Å². The van der Waals surface area contributed by atoms with Crippen molar-refractivity contribution < 1.29 is 14.3 Å². The summed E-state index contributed by atoms with van der Waals surface area (Å²) >= 11 is 0. The van der Waals surface area contributed by atoms with Crippen LogP contribution in [0.25, 0.3) is 0 Å². The van der Waals surface area contributed by atoms with Crippen LogP contribution in [-0.4, -0.2) is 59.9 Å². The maximum Gasteiger partial charge on any atom is 0.223 e. The van der Waals surface area contributed by atoms with Gasteiger partial charge in [-0.1, -0.05) is 6.07 Å². The number of likely N-dealkylation sites (tertiary alicyclic amines) is 1. The number of carbonyl (C=O) groups is 2.